The lowest BCUT2D eigenvalue weighted by Crippen LogP contribution is -2.39. The van der Waals surface area contributed by atoms with Gasteiger partial charge in [-0.25, -0.2) is 4.68 Å². The van der Waals surface area contributed by atoms with Gasteiger partial charge >= 0.3 is 0 Å². The molecule has 0 aliphatic rings. The number of nitrogens with two attached hydrogens (primary N) is 1. The third-order valence-corrected chi connectivity index (χ3v) is 4.70. The molecule has 0 fully saturated rings. The number of hydrogen-bond donors (Lipinski definition) is 3. The quantitative estimate of drug-likeness (QED) is 0.258. The summed E-state index contributed by atoms with van der Waals surface area (Å²) in [4.78, 5) is 4.61. The van der Waals surface area contributed by atoms with Crippen molar-refractivity contribution in [2.75, 3.05) is 32.0 Å². The molecule has 0 aliphatic carbocycles. The van der Waals surface area contributed by atoms with Crippen LogP contribution in [0.25, 0.3) is 5.69 Å². The zero-order chi connectivity index (χ0) is 22.6. The van der Waals surface area contributed by atoms with Crippen LogP contribution < -0.4 is 21.1 Å². The van der Waals surface area contributed by atoms with Crippen LogP contribution in [-0.2, 0) is 6.42 Å². The van der Waals surface area contributed by atoms with Crippen LogP contribution in [0.3, 0.4) is 0 Å². The normalized spacial score (nSPS) is 11.1. The number of nitriles is 1. The number of nitrogen functional groups attached to an aromatic ring is 1. The molecule has 0 amide bonds. The Bertz CT molecular complexity index is 1040. The first-order chi connectivity index (χ1) is 15.7. The lowest BCUT2D eigenvalue weighted by molar-refractivity contribution is 0.322. The number of para-hydroxylation sites is 2. The number of nitrogens with zero attached hydrogens (tertiary/aromatic N) is 4. The van der Waals surface area contributed by atoms with Gasteiger partial charge in [0.1, 0.15) is 29.8 Å². The molecule has 1 aromatic heterocycles. The van der Waals surface area contributed by atoms with Crippen molar-refractivity contribution in [1.29, 1.82) is 5.26 Å². The molecule has 3 rings (SSSR count). The van der Waals surface area contributed by atoms with E-state index < -0.39 is 0 Å². The fourth-order valence-corrected chi connectivity index (χ4v) is 3.18. The highest BCUT2D eigenvalue weighted by Crippen LogP contribution is 2.21. The van der Waals surface area contributed by atoms with Gasteiger partial charge in [-0.2, -0.15) is 10.4 Å². The van der Waals surface area contributed by atoms with Crippen molar-refractivity contribution >= 4 is 11.8 Å². The zero-order valence-electron chi connectivity index (χ0n) is 18.3. The molecule has 166 valence electrons. The molecule has 4 N–H and O–H groups in total. The fraction of sp³-hybridized carbons (Fsp3) is 0.292. The Morgan fingerprint density at radius 2 is 1.84 bits per heavy atom. The molecule has 0 radical (unpaired) electrons. The maximum atomic E-state index is 9.53. The predicted octanol–water partition coefficient (Wildman–Crippen LogP) is 2.89. The Morgan fingerprint density at radius 1 is 1.12 bits per heavy atom. The molecule has 0 bridgehead atoms. The average molecular weight is 432 g/mol. The van der Waals surface area contributed by atoms with E-state index in [1.807, 2.05) is 67.6 Å². The molecule has 0 aliphatic heterocycles. The van der Waals surface area contributed by atoms with Crippen LogP contribution in [0.15, 0.2) is 65.7 Å². The van der Waals surface area contributed by atoms with Crippen LogP contribution in [0.2, 0.25) is 0 Å². The number of nitrogens with one attached hydrogen (secondary N) is 2. The summed E-state index contributed by atoms with van der Waals surface area (Å²) < 4.78 is 7.32. The van der Waals surface area contributed by atoms with Crippen molar-refractivity contribution in [2.45, 2.75) is 19.8 Å². The molecule has 0 spiro atoms. The standard InChI is InChI=1S/C24H29N7O/c1-2-27-24(29-16-17-32-20-12-7-4-8-13-20)28-15-9-14-22-21(18-25)23(26)31(30-22)19-10-5-3-6-11-19/h3-8,10-13H,2,9,14-17,26H2,1H3,(H2,27,28,29). The molecular weight excluding hydrogens is 402 g/mol. The number of ether oxygens (including phenoxy) is 1. The topological polar surface area (TPSA) is 113 Å². The van der Waals surface area contributed by atoms with E-state index in [0.717, 1.165) is 30.4 Å². The fourth-order valence-electron chi connectivity index (χ4n) is 3.18. The maximum Gasteiger partial charge on any atom is 0.191 e. The first-order valence-electron chi connectivity index (χ1n) is 10.8. The Balaban J connectivity index is 1.52. The smallest absolute Gasteiger partial charge is 0.191 e. The Morgan fingerprint density at radius 3 is 2.53 bits per heavy atom. The Labute approximate surface area is 188 Å². The summed E-state index contributed by atoms with van der Waals surface area (Å²) in [5.41, 5.74) is 8.13. The number of aromatic nitrogens is 2. The van der Waals surface area contributed by atoms with Crippen LogP contribution in [0.5, 0.6) is 5.75 Å². The first kappa shape index (κ1) is 22.7. The van der Waals surface area contributed by atoms with Gasteiger partial charge in [-0.05, 0) is 44.0 Å². The zero-order valence-corrected chi connectivity index (χ0v) is 18.3. The molecule has 8 nitrogen and oxygen atoms in total. The van der Waals surface area contributed by atoms with E-state index in [1.54, 1.807) is 4.68 Å². The maximum absolute atomic E-state index is 9.53. The number of anilines is 1. The minimum Gasteiger partial charge on any atom is -0.492 e. The van der Waals surface area contributed by atoms with Crippen LogP contribution in [0, 0.1) is 11.3 Å². The summed E-state index contributed by atoms with van der Waals surface area (Å²) in [5, 5.41) is 20.6. The Hall–Kier alpha value is -3.99. The second-order valence-electron chi connectivity index (χ2n) is 7.02. The highest BCUT2D eigenvalue weighted by atomic mass is 16.5. The predicted molar refractivity (Wildman–Crippen MR) is 127 cm³/mol. The van der Waals surface area contributed by atoms with E-state index in [4.69, 9.17) is 10.5 Å². The molecule has 0 unspecified atom stereocenters. The molecule has 8 heteroatoms. The van der Waals surface area contributed by atoms with Gasteiger partial charge in [0.15, 0.2) is 5.96 Å². The van der Waals surface area contributed by atoms with Crippen LogP contribution >= 0.6 is 0 Å². The van der Waals surface area contributed by atoms with Crippen molar-refractivity contribution < 1.29 is 4.74 Å². The molecule has 3 aromatic rings. The van der Waals surface area contributed by atoms with Crippen molar-refractivity contribution in [3.8, 4) is 17.5 Å². The number of hydrogen-bond acceptors (Lipinski definition) is 5. The summed E-state index contributed by atoms with van der Waals surface area (Å²) >= 11 is 0. The second-order valence-corrected chi connectivity index (χ2v) is 7.02. The van der Waals surface area contributed by atoms with Crippen LogP contribution in [0.1, 0.15) is 24.6 Å². The van der Waals surface area contributed by atoms with E-state index in [-0.39, 0.29) is 0 Å². The number of rotatable bonds is 10. The first-order valence-corrected chi connectivity index (χ1v) is 10.8. The summed E-state index contributed by atoms with van der Waals surface area (Å²) in [7, 11) is 0. The summed E-state index contributed by atoms with van der Waals surface area (Å²) in [5.74, 6) is 1.95. The van der Waals surface area contributed by atoms with Crippen LogP contribution in [-0.4, -0.2) is 42.0 Å². The van der Waals surface area contributed by atoms with Gasteiger partial charge in [0.2, 0.25) is 0 Å². The van der Waals surface area contributed by atoms with Gasteiger partial charge in [-0.3, -0.25) is 4.99 Å². The summed E-state index contributed by atoms with van der Waals surface area (Å²) in [6, 6.07) is 21.5. The minimum atomic E-state index is 0.366. The summed E-state index contributed by atoms with van der Waals surface area (Å²) in [6.45, 7) is 4.56. The van der Waals surface area contributed by atoms with E-state index in [0.29, 0.717) is 43.2 Å². The van der Waals surface area contributed by atoms with Crippen molar-refractivity contribution in [3.63, 3.8) is 0 Å². The van der Waals surface area contributed by atoms with Crippen molar-refractivity contribution in [2.24, 2.45) is 4.99 Å². The molecule has 2 aromatic carbocycles. The van der Waals surface area contributed by atoms with Crippen LogP contribution in [0.4, 0.5) is 5.82 Å². The number of aliphatic imine (C=N–C) groups is 1. The van der Waals surface area contributed by atoms with Gasteiger partial charge in [-0.1, -0.05) is 36.4 Å². The van der Waals surface area contributed by atoms with Gasteiger partial charge < -0.3 is 21.1 Å². The lowest BCUT2D eigenvalue weighted by Gasteiger charge is -2.12. The van der Waals surface area contributed by atoms with Gasteiger partial charge in [0.25, 0.3) is 0 Å². The van der Waals surface area contributed by atoms with Gasteiger partial charge in [0.05, 0.1) is 17.9 Å². The SMILES string of the molecule is CCNC(=NCCCc1nn(-c2ccccc2)c(N)c1C#N)NCCOc1ccccc1. The minimum absolute atomic E-state index is 0.366. The lowest BCUT2D eigenvalue weighted by atomic mass is 10.1. The molecule has 0 atom stereocenters. The monoisotopic (exact) mass is 431 g/mol. The number of guanidine groups is 1. The van der Waals surface area contributed by atoms with E-state index in [2.05, 4.69) is 26.8 Å². The van der Waals surface area contributed by atoms with Crippen molar-refractivity contribution in [3.05, 3.63) is 71.9 Å². The highest BCUT2D eigenvalue weighted by molar-refractivity contribution is 5.79. The van der Waals surface area contributed by atoms with E-state index >= 15 is 0 Å². The molecule has 32 heavy (non-hydrogen) atoms. The van der Waals surface area contributed by atoms with E-state index in [1.165, 1.54) is 0 Å². The Kier molecular flexibility index (Phi) is 8.51. The average Bonchev–Trinajstić information content (AvgIpc) is 3.15. The molecule has 1 heterocycles. The van der Waals surface area contributed by atoms with Gasteiger partial charge in [0, 0.05) is 13.1 Å². The van der Waals surface area contributed by atoms with Crippen molar-refractivity contribution in [1.82, 2.24) is 20.4 Å². The second kappa shape index (κ2) is 12.0. The number of benzene rings is 2. The number of aryl methyl sites for hydroxylation is 1. The largest absolute Gasteiger partial charge is 0.492 e. The molecular formula is C24H29N7O. The highest BCUT2D eigenvalue weighted by Gasteiger charge is 2.16. The van der Waals surface area contributed by atoms with Gasteiger partial charge in [-0.15, -0.1) is 0 Å². The third-order valence-electron chi connectivity index (χ3n) is 4.70. The van der Waals surface area contributed by atoms with E-state index in [9.17, 15) is 5.26 Å². The molecule has 0 saturated carbocycles. The third kappa shape index (κ3) is 6.25. The molecule has 0 saturated heterocycles. The summed E-state index contributed by atoms with van der Waals surface area (Å²) in [6.07, 6.45) is 1.37.